The second-order valence-corrected chi connectivity index (χ2v) is 8.02. The van der Waals surface area contributed by atoms with E-state index in [2.05, 4.69) is 12.6 Å². The molecule has 0 saturated heterocycles. The summed E-state index contributed by atoms with van der Waals surface area (Å²) in [7, 11) is 0. The van der Waals surface area contributed by atoms with Crippen molar-refractivity contribution in [3.63, 3.8) is 0 Å². The van der Waals surface area contributed by atoms with Crippen molar-refractivity contribution >= 4 is 48.7 Å². The lowest BCUT2D eigenvalue weighted by Crippen LogP contribution is -1.99. The van der Waals surface area contributed by atoms with E-state index >= 15 is 0 Å². The van der Waals surface area contributed by atoms with Gasteiger partial charge >= 0.3 is 0 Å². The van der Waals surface area contributed by atoms with Crippen molar-refractivity contribution in [3.8, 4) is 11.1 Å². The van der Waals surface area contributed by atoms with E-state index in [0.717, 1.165) is 49.4 Å². The lowest BCUT2D eigenvalue weighted by atomic mass is 9.93. The highest BCUT2D eigenvalue weighted by Crippen LogP contribution is 2.52. The Balaban J connectivity index is 1.96. The maximum Gasteiger partial charge on any atom is 0.194 e. The topological polar surface area (TPSA) is 34.1 Å². The van der Waals surface area contributed by atoms with Gasteiger partial charge in [0, 0.05) is 37.9 Å². The molecule has 0 N–H and O–H groups in total. The highest BCUT2D eigenvalue weighted by atomic mass is 16.1. The fourth-order valence-electron chi connectivity index (χ4n) is 5.48. The quantitative estimate of drug-likeness (QED) is 0.325. The summed E-state index contributed by atoms with van der Waals surface area (Å²) in [4.78, 5) is 27.2. The van der Waals surface area contributed by atoms with Crippen LogP contribution < -0.4 is 10.9 Å². The molecule has 1 aliphatic rings. The van der Waals surface area contributed by atoms with Crippen LogP contribution in [0.25, 0.3) is 59.8 Å². The first-order valence-electron chi connectivity index (χ1n) is 9.99. The number of hydrogen-bond donors (Lipinski definition) is 0. The summed E-state index contributed by atoms with van der Waals surface area (Å²) in [5.74, 6) is 0. The van der Waals surface area contributed by atoms with Gasteiger partial charge < -0.3 is 0 Å². The van der Waals surface area contributed by atoms with Gasteiger partial charge in [-0.2, -0.15) is 0 Å². The molecule has 0 fully saturated rings. The molecule has 2 nitrogen and oxygen atoms in total. The summed E-state index contributed by atoms with van der Waals surface area (Å²) in [5.41, 5.74) is 4.78. The van der Waals surface area contributed by atoms with Gasteiger partial charge in [0.25, 0.3) is 0 Å². The van der Waals surface area contributed by atoms with E-state index in [1.807, 2.05) is 66.7 Å². The molecule has 0 saturated carbocycles. The predicted molar refractivity (Wildman–Crippen MR) is 125 cm³/mol. The molecule has 0 unspecified atom stereocenters. The van der Waals surface area contributed by atoms with Crippen LogP contribution in [0.1, 0.15) is 11.1 Å². The maximum atomic E-state index is 13.6. The SMILES string of the molecule is C=C1c2ccccc2-c2c1c1c3ccccc3c(=O)c1c1c2c(=O)c2ccccc21. The van der Waals surface area contributed by atoms with Crippen LogP contribution in [0.3, 0.4) is 0 Å². The molecule has 0 radical (unpaired) electrons. The molecule has 138 valence electrons. The zero-order valence-corrected chi connectivity index (χ0v) is 16.0. The monoisotopic (exact) mass is 382 g/mol. The molecule has 30 heavy (non-hydrogen) atoms. The fraction of sp³-hybridized carbons (Fsp3) is 0. The molecule has 0 spiro atoms. The molecular weight excluding hydrogens is 368 g/mol. The summed E-state index contributed by atoms with van der Waals surface area (Å²) in [6, 6.07) is 23.5. The molecule has 1 aliphatic carbocycles. The molecule has 6 aromatic rings. The molecule has 2 heteroatoms. The van der Waals surface area contributed by atoms with Gasteiger partial charge in [-0.05, 0) is 33.0 Å². The first kappa shape index (κ1) is 15.8. The Morgan fingerprint density at radius 2 is 0.967 bits per heavy atom. The van der Waals surface area contributed by atoms with Crippen LogP contribution >= 0.6 is 0 Å². The van der Waals surface area contributed by atoms with Crippen molar-refractivity contribution in [1.29, 1.82) is 0 Å². The number of hydrogen-bond acceptors (Lipinski definition) is 2. The molecule has 0 heterocycles. The third-order valence-corrected chi connectivity index (χ3v) is 6.66. The fourth-order valence-corrected chi connectivity index (χ4v) is 5.48. The van der Waals surface area contributed by atoms with Crippen LogP contribution in [-0.2, 0) is 0 Å². The Hall–Kier alpha value is -4.04. The highest BCUT2D eigenvalue weighted by Gasteiger charge is 2.32. The summed E-state index contributed by atoms with van der Waals surface area (Å²) < 4.78 is 0. The number of rotatable bonds is 0. The first-order chi connectivity index (χ1) is 14.7. The van der Waals surface area contributed by atoms with Gasteiger partial charge in [-0.1, -0.05) is 79.4 Å². The lowest BCUT2D eigenvalue weighted by molar-refractivity contribution is 1.67. The Kier molecular flexibility index (Phi) is 2.70. The van der Waals surface area contributed by atoms with Gasteiger partial charge in [-0.3, -0.25) is 9.59 Å². The minimum absolute atomic E-state index is 0.00657. The Labute approximate surface area is 171 Å². The largest absolute Gasteiger partial charge is 0.289 e. The van der Waals surface area contributed by atoms with Crippen molar-refractivity contribution in [3.05, 3.63) is 111 Å². The third-order valence-electron chi connectivity index (χ3n) is 6.66. The molecule has 0 atom stereocenters. The zero-order chi connectivity index (χ0) is 20.1. The molecule has 0 amide bonds. The van der Waals surface area contributed by atoms with Crippen LogP contribution in [0, 0.1) is 0 Å². The van der Waals surface area contributed by atoms with Crippen LogP contribution in [0.4, 0.5) is 0 Å². The smallest absolute Gasteiger partial charge is 0.194 e. The molecule has 0 aliphatic heterocycles. The standard InChI is InChI=1S/C28H14O2/c1-14-15-8-2-3-9-16(15)22-21(14)23-17-10-4-6-12-19(17)27(29)26(23)24-18-11-5-7-13-20(18)28(30)25(22)24/h2-13H,1H2. The van der Waals surface area contributed by atoms with Gasteiger partial charge in [0.2, 0.25) is 0 Å². The summed E-state index contributed by atoms with van der Waals surface area (Å²) in [6.45, 7) is 4.39. The van der Waals surface area contributed by atoms with E-state index in [-0.39, 0.29) is 10.9 Å². The van der Waals surface area contributed by atoms with Crippen LogP contribution in [-0.4, -0.2) is 0 Å². The number of fused-ring (bicyclic) bond motifs is 12. The van der Waals surface area contributed by atoms with E-state index in [9.17, 15) is 9.59 Å². The lowest BCUT2D eigenvalue weighted by Gasteiger charge is -2.07. The molecular formula is C28H14O2. The third kappa shape index (κ3) is 1.60. The average Bonchev–Trinajstić information content (AvgIpc) is 3.36. The number of benzene rings is 4. The molecule has 6 aromatic carbocycles. The van der Waals surface area contributed by atoms with Crippen molar-refractivity contribution in [2.75, 3.05) is 0 Å². The Morgan fingerprint density at radius 3 is 1.63 bits per heavy atom. The van der Waals surface area contributed by atoms with Crippen LogP contribution in [0.5, 0.6) is 0 Å². The van der Waals surface area contributed by atoms with E-state index in [4.69, 9.17) is 0 Å². The zero-order valence-electron chi connectivity index (χ0n) is 16.0. The van der Waals surface area contributed by atoms with Crippen molar-refractivity contribution in [2.24, 2.45) is 0 Å². The van der Waals surface area contributed by atoms with Gasteiger partial charge in [-0.15, -0.1) is 0 Å². The van der Waals surface area contributed by atoms with E-state index < -0.39 is 0 Å². The predicted octanol–water partition coefficient (Wildman–Crippen LogP) is 5.94. The van der Waals surface area contributed by atoms with E-state index in [0.29, 0.717) is 21.5 Å². The summed E-state index contributed by atoms with van der Waals surface area (Å²) in [5, 5.41) is 6.17. The second kappa shape index (κ2) is 5.11. The van der Waals surface area contributed by atoms with Crippen molar-refractivity contribution in [1.82, 2.24) is 0 Å². The van der Waals surface area contributed by atoms with Gasteiger partial charge in [0.1, 0.15) is 0 Å². The van der Waals surface area contributed by atoms with E-state index in [1.165, 1.54) is 0 Å². The second-order valence-electron chi connectivity index (χ2n) is 8.02. The van der Waals surface area contributed by atoms with Crippen LogP contribution in [0.2, 0.25) is 0 Å². The Morgan fingerprint density at radius 1 is 0.467 bits per heavy atom. The molecule has 7 rings (SSSR count). The Bertz CT molecular complexity index is 1840. The van der Waals surface area contributed by atoms with Gasteiger partial charge in [0.15, 0.2) is 10.9 Å². The summed E-state index contributed by atoms with van der Waals surface area (Å²) in [6.07, 6.45) is 0. The van der Waals surface area contributed by atoms with Crippen molar-refractivity contribution in [2.45, 2.75) is 0 Å². The van der Waals surface area contributed by atoms with Gasteiger partial charge in [-0.25, -0.2) is 0 Å². The average molecular weight is 382 g/mol. The molecule has 0 bridgehead atoms. The van der Waals surface area contributed by atoms with Crippen molar-refractivity contribution < 1.29 is 0 Å². The minimum Gasteiger partial charge on any atom is -0.289 e. The maximum absolute atomic E-state index is 13.6. The first-order valence-corrected chi connectivity index (χ1v) is 9.99. The van der Waals surface area contributed by atoms with E-state index in [1.54, 1.807) is 0 Å². The van der Waals surface area contributed by atoms with Gasteiger partial charge in [0.05, 0.1) is 0 Å². The summed E-state index contributed by atoms with van der Waals surface area (Å²) >= 11 is 0. The normalized spacial score (nSPS) is 13.0. The van der Waals surface area contributed by atoms with Crippen LogP contribution in [0.15, 0.2) is 89.0 Å². The molecule has 0 aromatic heterocycles. The minimum atomic E-state index is -0.00657. The highest BCUT2D eigenvalue weighted by molar-refractivity contribution is 6.36.